The number of guanidine groups is 1. The van der Waals surface area contributed by atoms with Crippen LogP contribution < -0.4 is 10.6 Å². The number of methoxy groups -OCH3 is 1. The highest BCUT2D eigenvalue weighted by molar-refractivity contribution is 7.11. The molecule has 2 N–H and O–H groups in total. The molecule has 0 saturated heterocycles. The van der Waals surface area contributed by atoms with Crippen LogP contribution in [-0.4, -0.2) is 37.1 Å². The number of nitrogens with one attached hydrogen (secondary N) is 2. The number of esters is 1. The number of hydrogen-bond acceptors (Lipinski definition) is 5. The van der Waals surface area contributed by atoms with Gasteiger partial charge in [-0.25, -0.2) is 9.98 Å². The van der Waals surface area contributed by atoms with Crippen molar-refractivity contribution in [1.82, 2.24) is 15.6 Å². The molecule has 0 bridgehead atoms. The lowest BCUT2D eigenvalue weighted by Crippen LogP contribution is -2.37. The Morgan fingerprint density at radius 1 is 1.43 bits per heavy atom. The third-order valence-corrected chi connectivity index (χ3v) is 3.61. The van der Waals surface area contributed by atoms with E-state index >= 15 is 0 Å². The van der Waals surface area contributed by atoms with Crippen molar-refractivity contribution in [3.8, 4) is 0 Å². The predicted molar refractivity (Wildman–Crippen MR) is 85.5 cm³/mol. The fraction of sp³-hybridized carbons (Fsp3) is 0.643. The summed E-state index contributed by atoms with van der Waals surface area (Å²) >= 11 is 1.66. The van der Waals surface area contributed by atoms with Gasteiger partial charge in [0.05, 0.1) is 13.7 Å². The molecule has 0 aliphatic rings. The second-order valence-corrected chi connectivity index (χ2v) is 5.84. The van der Waals surface area contributed by atoms with Crippen molar-refractivity contribution < 1.29 is 9.53 Å². The molecule has 1 rings (SSSR count). The Kier molecular flexibility index (Phi) is 8.42. The van der Waals surface area contributed by atoms with E-state index in [2.05, 4.69) is 25.3 Å². The maximum absolute atomic E-state index is 11.0. The first-order chi connectivity index (χ1) is 10.2. The van der Waals surface area contributed by atoms with E-state index in [4.69, 9.17) is 0 Å². The number of carbonyl (C=O) groups excluding carboxylic acids is 1. The molecule has 0 aliphatic carbocycles. The van der Waals surface area contributed by atoms with Crippen LogP contribution in [0.4, 0.5) is 0 Å². The van der Waals surface area contributed by atoms with Crippen molar-refractivity contribution in [3.63, 3.8) is 0 Å². The molecule has 1 aromatic rings. The van der Waals surface area contributed by atoms with Crippen molar-refractivity contribution in [3.05, 3.63) is 16.1 Å². The summed E-state index contributed by atoms with van der Waals surface area (Å²) < 4.78 is 4.60. The van der Waals surface area contributed by atoms with Gasteiger partial charge in [0.2, 0.25) is 0 Å². The number of ether oxygens (including phenoxy) is 1. The summed E-state index contributed by atoms with van der Waals surface area (Å²) in [5.41, 5.74) is 0. The van der Waals surface area contributed by atoms with Gasteiger partial charge in [-0.15, -0.1) is 11.3 Å². The summed E-state index contributed by atoms with van der Waals surface area (Å²) in [4.78, 5) is 21.0. The molecular weight excluding hydrogens is 288 g/mol. The highest BCUT2D eigenvalue weighted by atomic mass is 32.1. The lowest BCUT2D eigenvalue weighted by molar-refractivity contribution is -0.140. The number of nitrogens with zero attached hydrogens (tertiary/aromatic N) is 2. The molecule has 0 atom stereocenters. The van der Waals surface area contributed by atoms with Gasteiger partial charge in [0.15, 0.2) is 5.96 Å². The molecule has 0 unspecified atom stereocenters. The first kappa shape index (κ1) is 17.4. The van der Waals surface area contributed by atoms with E-state index in [9.17, 15) is 4.79 Å². The van der Waals surface area contributed by atoms with Crippen molar-refractivity contribution in [2.75, 3.05) is 20.2 Å². The second-order valence-electron chi connectivity index (χ2n) is 4.52. The van der Waals surface area contributed by atoms with E-state index in [0.717, 1.165) is 36.9 Å². The maximum Gasteiger partial charge on any atom is 0.305 e. The molecule has 0 aliphatic heterocycles. The molecule has 0 radical (unpaired) electrons. The monoisotopic (exact) mass is 312 g/mol. The fourth-order valence-electron chi connectivity index (χ4n) is 1.67. The Morgan fingerprint density at radius 2 is 2.24 bits per heavy atom. The van der Waals surface area contributed by atoms with E-state index < -0.39 is 0 Å². The summed E-state index contributed by atoms with van der Waals surface area (Å²) in [6.07, 6.45) is 4.04. The topological polar surface area (TPSA) is 75.6 Å². The van der Waals surface area contributed by atoms with Gasteiger partial charge in [0.1, 0.15) is 5.01 Å². The normalized spacial score (nSPS) is 11.3. The van der Waals surface area contributed by atoms with Crippen LogP contribution in [0.3, 0.4) is 0 Å². The number of aliphatic imine (C=N–C) groups is 1. The molecule has 0 saturated carbocycles. The quantitative estimate of drug-likeness (QED) is 0.332. The van der Waals surface area contributed by atoms with Crippen molar-refractivity contribution in [2.45, 2.75) is 39.7 Å². The highest BCUT2D eigenvalue weighted by Gasteiger charge is 2.02. The van der Waals surface area contributed by atoms with Gasteiger partial charge in [-0.05, 0) is 26.7 Å². The van der Waals surface area contributed by atoms with Gasteiger partial charge < -0.3 is 15.4 Å². The Labute approximate surface area is 130 Å². The minimum Gasteiger partial charge on any atom is -0.469 e. The summed E-state index contributed by atoms with van der Waals surface area (Å²) in [7, 11) is 1.41. The average molecular weight is 312 g/mol. The summed E-state index contributed by atoms with van der Waals surface area (Å²) in [6, 6.07) is 0. The van der Waals surface area contributed by atoms with Gasteiger partial charge in [0.25, 0.3) is 0 Å². The van der Waals surface area contributed by atoms with Crippen LogP contribution >= 0.6 is 11.3 Å². The van der Waals surface area contributed by atoms with E-state index in [1.54, 1.807) is 11.3 Å². The van der Waals surface area contributed by atoms with Crippen LogP contribution in [0.2, 0.25) is 0 Å². The average Bonchev–Trinajstić information content (AvgIpc) is 2.89. The maximum atomic E-state index is 11.0. The molecule has 0 fully saturated rings. The van der Waals surface area contributed by atoms with Gasteiger partial charge in [0, 0.05) is 30.6 Å². The third kappa shape index (κ3) is 7.65. The van der Waals surface area contributed by atoms with Crippen LogP contribution in [0.5, 0.6) is 0 Å². The number of aromatic nitrogens is 1. The van der Waals surface area contributed by atoms with Crippen LogP contribution in [0.1, 0.15) is 36.1 Å². The lowest BCUT2D eigenvalue weighted by Gasteiger charge is -2.10. The zero-order valence-electron chi connectivity index (χ0n) is 12.9. The first-order valence-electron chi connectivity index (χ1n) is 7.16. The van der Waals surface area contributed by atoms with Crippen LogP contribution in [0, 0.1) is 6.92 Å². The molecule has 21 heavy (non-hydrogen) atoms. The van der Waals surface area contributed by atoms with Crippen molar-refractivity contribution in [2.24, 2.45) is 4.99 Å². The second kappa shape index (κ2) is 10.1. The first-order valence-corrected chi connectivity index (χ1v) is 7.97. The Hall–Kier alpha value is -1.63. The molecule has 0 aromatic carbocycles. The summed E-state index contributed by atoms with van der Waals surface area (Å²) in [5, 5.41) is 7.46. The minimum absolute atomic E-state index is 0.158. The van der Waals surface area contributed by atoms with Gasteiger partial charge >= 0.3 is 5.97 Å². The van der Waals surface area contributed by atoms with E-state index in [0.29, 0.717) is 13.0 Å². The van der Waals surface area contributed by atoms with E-state index in [1.807, 2.05) is 20.0 Å². The number of carbonyl (C=O) groups is 1. The fourth-order valence-corrected chi connectivity index (χ4v) is 2.38. The number of unbranched alkanes of at least 4 members (excludes halogenated alkanes) is 1. The van der Waals surface area contributed by atoms with Gasteiger partial charge in [-0.3, -0.25) is 4.79 Å². The van der Waals surface area contributed by atoms with Crippen LogP contribution in [0.15, 0.2) is 11.2 Å². The zero-order chi connectivity index (χ0) is 15.5. The largest absolute Gasteiger partial charge is 0.469 e. The Balaban J connectivity index is 2.30. The smallest absolute Gasteiger partial charge is 0.305 e. The molecule has 1 heterocycles. The standard InChI is InChI=1S/C14H24N4O2S/c1-4-15-14(16-8-6-5-7-13(19)20-3)18-10-12-17-9-11(2)21-12/h9H,4-8,10H2,1-3H3,(H2,15,16,18). The van der Waals surface area contributed by atoms with Gasteiger partial charge in [-0.1, -0.05) is 0 Å². The lowest BCUT2D eigenvalue weighted by atomic mass is 10.2. The summed E-state index contributed by atoms with van der Waals surface area (Å²) in [5.74, 6) is 0.623. The number of rotatable bonds is 8. The van der Waals surface area contributed by atoms with Gasteiger partial charge in [-0.2, -0.15) is 0 Å². The van der Waals surface area contributed by atoms with Crippen LogP contribution in [0.25, 0.3) is 0 Å². The highest BCUT2D eigenvalue weighted by Crippen LogP contribution is 2.11. The number of aryl methyl sites for hydroxylation is 1. The number of hydrogen-bond donors (Lipinski definition) is 2. The van der Waals surface area contributed by atoms with Crippen molar-refractivity contribution in [1.29, 1.82) is 0 Å². The van der Waals surface area contributed by atoms with E-state index in [-0.39, 0.29) is 5.97 Å². The molecule has 118 valence electrons. The SMILES string of the molecule is CCNC(=NCc1ncc(C)s1)NCCCCC(=O)OC. The molecular formula is C14H24N4O2S. The molecule has 6 nitrogen and oxygen atoms in total. The molecule has 7 heteroatoms. The van der Waals surface area contributed by atoms with Crippen molar-refractivity contribution >= 4 is 23.3 Å². The molecule has 0 spiro atoms. The number of thiazole rings is 1. The Bertz CT molecular complexity index is 460. The Morgan fingerprint density at radius 3 is 2.86 bits per heavy atom. The zero-order valence-corrected chi connectivity index (χ0v) is 13.8. The van der Waals surface area contributed by atoms with E-state index in [1.165, 1.54) is 12.0 Å². The predicted octanol–water partition coefficient (Wildman–Crippen LogP) is 1.85. The third-order valence-electron chi connectivity index (χ3n) is 2.71. The summed E-state index contributed by atoms with van der Waals surface area (Å²) in [6.45, 7) is 6.23. The minimum atomic E-state index is -0.158. The molecule has 0 amide bonds. The molecule has 1 aromatic heterocycles. The van der Waals surface area contributed by atoms with Crippen LogP contribution in [-0.2, 0) is 16.1 Å².